The van der Waals surface area contributed by atoms with Crippen molar-refractivity contribution in [3.8, 4) is 0 Å². The first-order valence-corrected chi connectivity index (χ1v) is 2.92. The van der Waals surface area contributed by atoms with Crippen LogP contribution in [0.4, 0.5) is 0 Å². The SMILES string of the molecule is C1=Cc2cncnc2C1. The number of fused-ring (bicyclic) bond motifs is 1. The van der Waals surface area contributed by atoms with E-state index in [0.29, 0.717) is 0 Å². The molecule has 44 valence electrons. The average Bonchev–Trinajstić information content (AvgIpc) is 2.33. The minimum Gasteiger partial charge on any atom is -0.244 e. The molecule has 0 amide bonds. The van der Waals surface area contributed by atoms with Crippen molar-refractivity contribution in [2.24, 2.45) is 0 Å². The second-order valence-corrected chi connectivity index (χ2v) is 2.03. The third kappa shape index (κ3) is 0.633. The minimum absolute atomic E-state index is 0.970. The van der Waals surface area contributed by atoms with Gasteiger partial charge in [0, 0.05) is 18.2 Å². The Hall–Kier alpha value is -1.18. The zero-order chi connectivity index (χ0) is 6.10. The lowest BCUT2D eigenvalue weighted by Crippen LogP contribution is -1.86. The van der Waals surface area contributed by atoms with Gasteiger partial charge in [-0.05, 0) is 0 Å². The van der Waals surface area contributed by atoms with Gasteiger partial charge in [0.2, 0.25) is 0 Å². The first-order valence-electron chi connectivity index (χ1n) is 2.92. The van der Waals surface area contributed by atoms with E-state index in [1.807, 2.05) is 6.20 Å². The Bertz CT molecular complexity index is 253. The van der Waals surface area contributed by atoms with Gasteiger partial charge in [0.15, 0.2) is 0 Å². The van der Waals surface area contributed by atoms with E-state index in [-0.39, 0.29) is 0 Å². The van der Waals surface area contributed by atoms with Crippen LogP contribution in [0.25, 0.3) is 6.08 Å². The number of allylic oxidation sites excluding steroid dienone is 1. The molecular weight excluding hydrogens is 112 g/mol. The molecule has 1 aromatic heterocycles. The second kappa shape index (κ2) is 1.65. The third-order valence-electron chi connectivity index (χ3n) is 1.44. The van der Waals surface area contributed by atoms with Crippen molar-refractivity contribution in [3.63, 3.8) is 0 Å². The van der Waals surface area contributed by atoms with Gasteiger partial charge in [0.05, 0.1) is 5.69 Å². The van der Waals surface area contributed by atoms with Crippen molar-refractivity contribution in [1.82, 2.24) is 9.97 Å². The summed E-state index contributed by atoms with van der Waals surface area (Å²) in [5, 5.41) is 0. The molecule has 1 aliphatic rings. The van der Waals surface area contributed by atoms with Gasteiger partial charge in [-0.25, -0.2) is 9.97 Å². The maximum atomic E-state index is 4.09. The fourth-order valence-electron chi connectivity index (χ4n) is 0.973. The van der Waals surface area contributed by atoms with E-state index in [9.17, 15) is 0 Å². The molecule has 0 atom stereocenters. The van der Waals surface area contributed by atoms with Crippen molar-refractivity contribution >= 4 is 6.08 Å². The van der Waals surface area contributed by atoms with Crippen LogP contribution >= 0.6 is 0 Å². The van der Waals surface area contributed by atoms with Crippen molar-refractivity contribution < 1.29 is 0 Å². The van der Waals surface area contributed by atoms with Gasteiger partial charge in [-0.15, -0.1) is 0 Å². The van der Waals surface area contributed by atoms with Crippen LogP contribution in [-0.2, 0) is 6.42 Å². The molecule has 1 aliphatic carbocycles. The number of hydrogen-bond donors (Lipinski definition) is 0. The standard InChI is InChI=1S/C7H6N2/c1-2-6-4-8-5-9-7(6)3-1/h1-2,4-5H,3H2. The summed E-state index contributed by atoms with van der Waals surface area (Å²) in [5.41, 5.74) is 2.31. The summed E-state index contributed by atoms with van der Waals surface area (Å²) in [6.07, 6.45) is 8.55. The molecule has 0 aromatic carbocycles. The maximum absolute atomic E-state index is 4.09. The maximum Gasteiger partial charge on any atom is 0.115 e. The molecule has 1 aromatic rings. The number of nitrogens with zero attached hydrogens (tertiary/aromatic N) is 2. The highest BCUT2D eigenvalue weighted by Gasteiger charge is 2.03. The number of rotatable bonds is 0. The third-order valence-corrected chi connectivity index (χ3v) is 1.44. The topological polar surface area (TPSA) is 25.8 Å². The predicted octanol–water partition coefficient (Wildman–Crippen LogP) is 1.05. The van der Waals surface area contributed by atoms with Crippen LogP contribution in [0.3, 0.4) is 0 Å². The van der Waals surface area contributed by atoms with Crippen LogP contribution < -0.4 is 0 Å². The van der Waals surface area contributed by atoms with Gasteiger partial charge in [-0.1, -0.05) is 12.2 Å². The number of aromatic nitrogens is 2. The van der Waals surface area contributed by atoms with E-state index < -0.39 is 0 Å². The quantitative estimate of drug-likeness (QED) is 0.508. The highest BCUT2D eigenvalue weighted by Crippen LogP contribution is 2.13. The molecule has 0 radical (unpaired) electrons. The van der Waals surface area contributed by atoms with E-state index in [2.05, 4.69) is 22.1 Å². The first-order chi connectivity index (χ1) is 4.47. The summed E-state index contributed by atoms with van der Waals surface area (Å²) in [4.78, 5) is 7.98. The summed E-state index contributed by atoms with van der Waals surface area (Å²) < 4.78 is 0. The second-order valence-electron chi connectivity index (χ2n) is 2.03. The van der Waals surface area contributed by atoms with E-state index >= 15 is 0 Å². The van der Waals surface area contributed by atoms with Gasteiger partial charge in [0.1, 0.15) is 6.33 Å². The van der Waals surface area contributed by atoms with Crippen LogP contribution in [0.15, 0.2) is 18.6 Å². The van der Waals surface area contributed by atoms with Gasteiger partial charge >= 0.3 is 0 Å². The van der Waals surface area contributed by atoms with Crippen molar-refractivity contribution in [1.29, 1.82) is 0 Å². The minimum atomic E-state index is 0.970. The summed E-state index contributed by atoms with van der Waals surface area (Å²) >= 11 is 0. The Morgan fingerprint density at radius 2 is 2.44 bits per heavy atom. The Balaban J connectivity index is 2.63. The average molecular weight is 118 g/mol. The van der Waals surface area contributed by atoms with Gasteiger partial charge < -0.3 is 0 Å². The van der Waals surface area contributed by atoms with Gasteiger partial charge in [-0.3, -0.25) is 0 Å². The molecule has 0 saturated heterocycles. The van der Waals surface area contributed by atoms with E-state index in [1.54, 1.807) is 6.33 Å². The van der Waals surface area contributed by atoms with Crippen LogP contribution in [0.1, 0.15) is 11.3 Å². The molecule has 2 rings (SSSR count). The van der Waals surface area contributed by atoms with E-state index in [1.165, 1.54) is 0 Å². The fourth-order valence-corrected chi connectivity index (χ4v) is 0.973. The van der Waals surface area contributed by atoms with Gasteiger partial charge in [-0.2, -0.15) is 0 Å². The molecule has 0 unspecified atom stereocenters. The lowest BCUT2D eigenvalue weighted by molar-refractivity contribution is 1.06. The Morgan fingerprint density at radius 3 is 3.33 bits per heavy atom. The largest absolute Gasteiger partial charge is 0.244 e. The van der Waals surface area contributed by atoms with Crippen molar-refractivity contribution in [2.75, 3.05) is 0 Å². The number of hydrogen-bond acceptors (Lipinski definition) is 2. The molecule has 1 heterocycles. The van der Waals surface area contributed by atoms with Crippen LogP contribution in [-0.4, -0.2) is 9.97 Å². The Labute approximate surface area is 53.3 Å². The summed E-state index contributed by atoms with van der Waals surface area (Å²) in [5.74, 6) is 0. The molecule has 0 bridgehead atoms. The molecule has 0 fully saturated rings. The molecule has 0 spiro atoms. The molecule has 0 N–H and O–H groups in total. The lowest BCUT2D eigenvalue weighted by atomic mass is 10.3. The van der Waals surface area contributed by atoms with Crippen molar-refractivity contribution in [2.45, 2.75) is 6.42 Å². The monoisotopic (exact) mass is 118 g/mol. The molecule has 0 saturated carbocycles. The molecule has 2 nitrogen and oxygen atoms in total. The molecular formula is C7H6N2. The zero-order valence-electron chi connectivity index (χ0n) is 4.91. The summed E-state index contributed by atoms with van der Waals surface area (Å²) in [6, 6.07) is 0. The predicted molar refractivity (Wildman–Crippen MR) is 34.8 cm³/mol. The van der Waals surface area contributed by atoms with Crippen LogP contribution in [0, 0.1) is 0 Å². The molecule has 0 aliphatic heterocycles. The van der Waals surface area contributed by atoms with Crippen molar-refractivity contribution in [3.05, 3.63) is 29.9 Å². The first kappa shape index (κ1) is 4.68. The highest BCUT2D eigenvalue weighted by atomic mass is 14.8. The molecule has 9 heavy (non-hydrogen) atoms. The van der Waals surface area contributed by atoms with E-state index in [4.69, 9.17) is 0 Å². The van der Waals surface area contributed by atoms with Gasteiger partial charge in [0.25, 0.3) is 0 Å². The highest BCUT2D eigenvalue weighted by molar-refractivity contribution is 5.56. The summed E-state index contributed by atoms with van der Waals surface area (Å²) in [6.45, 7) is 0. The fraction of sp³-hybridized carbons (Fsp3) is 0.143. The molecule has 2 heteroatoms. The van der Waals surface area contributed by atoms with Crippen LogP contribution in [0.5, 0.6) is 0 Å². The lowest BCUT2D eigenvalue weighted by Gasteiger charge is -1.91. The Morgan fingerprint density at radius 1 is 1.44 bits per heavy atom. The van der Waals surface area contributed by atoms with E-state index in [0.717, 1.165) is 17.7 Å². The summed E-state index contributed by atoms with van der Waals surface area (Å²) in [7, 11) is 0. The zero-order valence-corrected chi connectivity index (χ0v) is 4.91. The normalized spacial score (nSPS) is 13.8. The van der Waals surface area contributed by atoms with Crippen LogP contribution in [0.2, 0.25) is 0 Å². The smallest absolute Gasteiger partial charge is 0.115 e. The Kier molecular flexibility index (Phi) is 0.859.